The van der Waals surface area contributed by atoms with Crippen molar-refractivity contribution in [2.45, 2.75) is 26.8 Å². The smallest absolute Gasteiger partial charge is 0.203 e. The van der Waals surface area contributed by atoms with Gasteiger partial charge < -0.3 is 9.88 Å². The summed E-state index contributed by atoms with van der Waals surface area (Å²) in [6.07, 6.45) is 6.70. The molecule has 2 aromatic rings. The fourth-order valence-corrected chi connectivity index (χ4v) is 1.80. The molecule has 90 valence electrons. The van der Waals surface area contributed by atoms with Crippen molar-refractivity contribution in [3.63, 3.8) is 0 Å². The summed E-state index contributed by atoms with van der Waals surface area (Å²) in [6.45, 7) is 5.97. The largest absolute Gasteiger partial charge is 0.355 e. The molecule has 4 nitrogen and oxygen atoms in total. The van der Waals surface area contributed by atoms with Crippen LogP contribution in [0.3, 0.4) is 0 Å². The number of nitrogens with zero attached hydrogens (tertiary/aromatic N) is 3. The SMILES string of the molecule is CCn1cc(C)nc1NCCc1ccncc1. The lowest BCUT2D eigenvalue weighted by Gasteiger charge is -2.07. The lowest BCUT2D eigenvalue weighted by molar-refractivity contribution is 0.761. The molecule has 0 aliphatic carbocycles. The molecule has 2 heterocycles. The highest BCUT2D eigenvalue weighted by Gasteiger charge is 2.02. The zero-order valence-corrected chi connectivity index (χ0v) is 10.3. The Bertz CT molecular complexity index is 462. The molecular formula is C13H18N4. The monoisotopic (exact) mass is 230 g/mol. The van der Waals surface area contributed by atoms with E-state index in [0.29, 0.717) is 0 Å². The van der Waals surface area contributed by atoms with Crippen molar-refractivity contribution in [1.29, 1.82) is 0 Å². The van der Waals surface area contributed by atoms with E-state index in [-0.39, 0.29) is 0 Å². The van der Waals surface area contributed by atoms with Crippen molar-refractivity contribution in [2.24, 2.45) is 0 Å². The van der Waals surface area contributed by atoms with E-state index in [1.54, 1.807) is 0 Å². The van der Waals surface area contributed by atoms with E-state index in [2.05, 4.69) is 33.0 Å². The second-order valence-corrected chi connectivity index (χ2v) is 4.02. The summed E-state index contributed by atoms with van der Waals surface area (Å²) in [5.41, 5.74) is 2.34. The van der Waals surface area contributed by atoms with Gasteiger partial charge in [-0.15, -0.1) is 0 Å². The molecule has 0 aliphatic heterocycles. The Balaban J connectivity index is 1.90. The quantitative estimate of drug-likeness (QED) is 0.856. The van der Waals surface area contributed by atoms with Crippen LogP contribution in [0.25, 0.3) is 0 Å². The molecule has 2 aromatic heterocycles. The third-order valence-corrected chi connectivity index (χ3v) is 2.68. The average Bonchev–Trinajstić information content (AvgIpc) is 2.71. The molecule has 0 spiro atoms. The zero-order chi connectivity index (χ0) is 12.1. The van der Waals surface area contributed by atoms with Crippen molar-refractivity contribution in [1.82, 2.24) is 14.5 Å². The molecular weight excluding hydrogens is 212 g/mol. The summed E-state index contributed by atoms with van der Waals surface area (Å²) < 4.78 is 2.13. The van der Waals surface area contributed by atoms with Gasteiger partial charge in [-0.1, -0.05) is 0 Å². The number of hydrogen-bond acceptors (Lipinski definition) is 3. The lowest BCUT2D eigenvalue weighted by Crippen LogP contribution is -2.10. The number of aromatic nitrogens is 3. The van der Waals surface area contributed by atoms with Gasteiger partial charge in [0, 0.05) is 31.7 Å². The predicted octanol–water partition coefficient (Wildman–Crippen LogP) is 2.26. The van der Waals surface area contributed by atoms with Crippen LogP contribution >= 0.6 is 0 Å². The van der Waals surface area contributed by atoms with Crippen LogP contribution in [-0.4, -0.2) is 21.1 Å². The van der Waals surface area contributed by atoms with E-state index in [1.165, 1.54) is 5.56 Å². The number of anilines is 1. The van der Waals surface area contributed by atoms with Crippen molar-refractivity contribution in [2.75, 3.05) is 11.9 Å². The Morgan fingerprint density at radius 3 is 2.76 bits per heavy atom. The van der Waals surface area contributed by atoms with Gasteiger partial charge in [-0.3, -0.25) is 4.98 Å². The molecule has 0 bridgehead atoms. The van der Waals surface area contributed by atoms with E-state index in [0.717, 1.165) is 31.2 Å². The number of rotatable bonds is 5. The van der Waals surface area contributed by atoms with Crippen molar-refractivity contribution < 1.29 is 0 Å². The molecule has 0 radical (unpaired) electrons. The zero-order valence-electron chi connectivity index (χ0n) is 10.3. The van der Waals surface area contributed by atoms with Gasteiger partial charge in [0.2, 0.25) is 5.95 Å². The second kappa shape index (κ2) is 5.48. The van der Waals surface area contributed by atoms with Crippen LogP contribution < -0.4 is 5.32 Å². The standard InChI is InChI=1S/C13H18N4/c1-3-17-10-11(2)16-13(17)15-9-6-12-4-7-14-8-5-12/h4-5,7-8,10H,3,6,9H2,1-2H3,(H,15,16). The summed E-state index contributed by atoms with van der Waals surface area (Å²) in [4.78, 5) is 8.46. The van der Waals surface area contributed by atoms with Crippen molar-refractivity contribution in [3.8, 4) is 0 Å². The number of nitrogens with one attached hydrogen (secondary N) is 1. The fourth-order valence-electron chi connectivity index (χ4n) is 1.80. The minimum absolute atomic E-state index is 0.889. The first-order valence-corrected chi connectivity index (χ1v) is 5.96. The fraction of sp³-hybridized carbons (Fsp3) is 0.385. The van der Waals surface area contributed by atoms with E-state index in [4.69, 9.17) is 0 Å². The molecule has 0 atom stereocenters. The van der Waals surface area contributed by atoms with Gasteiger partial charge in [0.05, 0.1) is 5.69 Å². The normalized spacial score (nSPS) is 10.5. The topological polar surface area (TPSA) is 42.7 Å². The first-order chi connectivity index (χ1) is 8.29. The highest BCUT2D eigenvalue weighted by Crippen LogP contribution is 2.08. The molecule has 17 heavy (non-hydrogen) atoms. The Kier molecular flexibility index (Phi) is 3.75. The Morgan fingerprint density at radius 2 is 2.06 bits per heavy atom. The van der Waals surface area contributed by atoms with Crippen LogP contribution in [0.5, 0.6) is 0 Å². The number of imidazole rings is 1. The number of aryl methyl sites for hydroxylation is 2. The van der Waals surface area contributed by atoms with Gasteiger partial charge >= 0.3 is 0 Å². The molecule has 4 heteroatoms. The Morgan fingerprint density at radius 1 is 1.29 bits per heavy atom. The summed E-state index contributed by atoms with van der Waals surface area (Å²) in [5, 5.41) is 3.36. The summed E-state index contributed by atoms with van der Waals surface area (Å²) >= 11 is 0. The van der Waals surface area contributed by atoms with Crippen LogP contribution in [-0.2, 0) is 13.0 Å². The maximum atomic E-state index is 4.45. The summed E-state index contributed by atoms with van der Waals surface area (Å²) in [5.74, 6) is 0.957. The molecule has 2 rings (SSSR count). The molecule has 0 saturated carbocycles. The Hall–Kier alpha value is -1.84. The van der Waals surface area contributed by atoms with Gasteiger partial charge in [0.15, 0.2) is 0 Å². The van der Waals surface area contributed by atoms with Crippen LogP contribution in [0.15, 0.2) is 30.7 Å². The molecule has 0 fully saturated rings. The number of hydrogen-bond donors (Lipinski definition) is 1. The third kappa shape index (κ3) is 3.06. The van der Waals surface area contributed by atoms with Gasteiger partial charge in [0.25, 0.3) is 0 Å². The average molecular weight is 230 g/mol. The van der Waals surface area contributed by atoms with Crippen molar-refractivity contribution in [3.05, 3.63) is 42.0 Å². The van der Waals surface area contributed by atoms with Crippen LogP contribution in [0.1, 0.15) is 18.2 Å². The number of pyridine rings is 1. The van der Waals surface area contributed by atoms with E-state index in [1.807, 2.05) is 31.5 Å². The maximum Gasteiger partial charge on any atom is 0.203 e. The Labute approximate surface area is 102 Å². The first-order valence-electron chi connectivity index (χ1n) is 5.96. The van der Waals surface area contributed by atoms with Gasteiger partial charge in [0.1, 0.15) is 0 Å². The summed E-state index contributed by atoms with van der Waals surface area (Å²) in [7, 11) is 0. The highest BCUT2D eigenvalue weighted by atomic mass is 15.2. The van der Waals surface area contributed by atoms with E-state index < -0.39 is 0 Å². The third-order valence-electron chi connectivity index (χ3n) is 2.68. The van der Waals surface area contributed by atoms with Crippen LogP contribution in [0, 0.1) is 6.92 Å². The first kappa shape index (κ1) is 11.6. The second-order valence-electron chi connectivity index (χ2n) is 4.02. The minimum atomic E-state index is 0.889. The molecule has 0 amide bonds. The van der Waals surface area contributed by atoms with Gasteiger partial charge in [-0.05, 0) is 38.0 Å². The molecule has 0 saturated heterocycles. The van der Waals surface area contributed by atoms with Gasteiger partial charge in [-0.2, -0.15) is 0 Å². The van der Waals surface area contributed by atoms with Crippen molar-refractivity contribution >= 4 is 5.95 Å². The lowest BCUT2D eigenvalue weighted by atomic mass is 10.2. The molecule has 0 aromatic carbocycles. The summed E-state index contributed by atoms with van der Waals surface area (Å²) in [6, 6.07) is 4.08. The molecule has 0 aliphatic rings. The van der Waals surface area contributed by atoms with Crippen LogP contribution in [0.2, 0.25) is 0 Å². The molecule has 1 N–H and O–H groups in total. The predicted molar refractivity (Wildman–Crippen MR) is 69.1 cm³/mol. The van der Waals surface area contributed by atoms with E-state index >= 15 is 0 Å². The van der Waals surface area contributed by atoms with Gasteiger partial charge in [-0.25, -0.2) is 4.98 Å². The minimum Gasteiger partial charge on any atom is -0.355 e. The maximum absolute atomic E-state index is 4.45. The van der Waals surface area contributed by atoms with Crippen LogP contribution in [0.4, 0.5) is 5.95 Å². The highest BCUT2D eigenvalue weighted by molar-refractivity contribution is 5.29. The van der Waals surface area contributed by atoms with E-state index in [9.17, 15) is 0 Å². The molecule has 0 unspecified atom stereocenters.